The molecule has 1 heterocycles. The fraction of sp³-hybridized carbons (Fsp3) is 0.333. The number of carboxylic acid groups (broad SMARTS) is 1. The summed E-state index contributed by atoms with van der Waals surface area (Å²) in [5, 5.41) is 29.8. The van der Waals surface area contributed by atoms with Crippen LogP contribution in [-0.4, -0.2) is 39.7 Å². The summed E-state index contributed by atoms with van der Waals surface area (Å²) < 4.78 is 0. The number of carboxylic acids is 1. The number of amides is 1. The maximum absolute atomic E-state index is 11.6. The van der Waals surface area contributed by atoms with Gasteiger partial charge < -0.3 is 15.5 Å². The SMILES string of the molecule is O=C(N[C@@H](CCO)C(=O)O)c1ccc([N+](=O)[O-])s1. The molecule has 0 radical (unpaired) electrons. The first kappa shape index (κ1) is 14.1. The fourth-order valence-corrected chi connectivity index (χ4v) is 1.89. The number of aliphatic hydroxyl groups excluding tert-OH is 1. The number of carbonyl (C=O) groups is 2. The molecule has 0 saturated heterocycles. The Morgan fingerprint density at radius 3 is 2.61 bits per heavy atom. The molecule has 0 aliphatic carbocycles. The number of hydrogen-bond donors (Lipinski definition) is 3. The second-order valence-corrected chi connectivity index (χ2v) is 4.33. The zero-order valence-electron chi connectivity index (χ0n) is 9.03. The Morgan fingerprint density at radius 2 is 2.17 bits per heavy atom. The van der Waals surface area contributed by atoms with Crippen molar-refractivity contribution in [1.29, 1.82) is 0 Å². The van der Waals surface area contributed by atoms with Gasteiger partial charge in [-0.25, -0.2) is 4.79 Å². The molecule has 8 nitrogen and oxygen atoms in total. The average Bonchev–Trinajstić information content (AvgIpc) is 2.77. The molecule has 0 spiro atoms. The van der Waals surface area contributed by atoms with Crippen LogP contribution in [0.3, 0.4) is 0 Å². The van der Waals surface area contributed by atoms with E-state index in [0.29, 0.717) is 11.3 Å². The highest BCUT2D eigenvalue weighted by molar-refractivity contribution is 7.17. The fourth-order valence-electron chi connectivity index (χ4n) is 1.16. The minimum absolute atomic E-state index is 0.0471. The Hall–Kier alpha value is -2.00. The molecule has 0 bridgehead atoms. The van der Waals surface area contributed by atoms with Gasteiger partial charge in [0.15, 0.2) is 0 Å². The first-order chi connectivity index (χ1) is 8.45. The molecule has 0 fully saturated rings. The van der Waals surface area contributed by atoms with E-state index in [9.17, 15) is 19.7 Å². The van der Waals surface area contributed by atoms with E-state index in [1.165, 1.54) is 12.1 Å². The van der Waals surface area contributed by atoms with Gasteiger partial charge in [-0.1, -0.05) is 11.3 Å². The normalized spacial score (nSPS) is 11.8. The molecule has 1 atom stereocenters. The predicted octanol–water partition coefficient (Wildman–Crippen LogP) is 0.222. The minimum Gasteiger partial charge on any atom is -0.480 e. The predicted molar refractivity (Wildman–Crippen MR) is 61.6 cm³/mol. The van der Waals surface area contributed by atoms with Crippen molar-refractivity contribution in [2.24, 2.45) is 0 Å². The van der Waals surface area contributed by atoms with Crippen molar-refractivity contribution in [2.45, 2.75) is 12.5 Å². The number of nitrogens with one attached hydrogen (secondary N) is 1. The van der Waals surface area contributed by atoms with E-state index < -0.39 is 22.8 Å². The molecule has 1 rings (SSSR count). The van der Waals surface area contributed by atoms with Gasteiger partial charge in [-0.05, 0) is 6.07 Å². The van der Waals surface area contributed by atoms with Gasteiger partial charge in [-0.2, -0.15) is 0 Å². The summed E-state index contributed by atoms with van der Waals surface area (Å²) in [6, 6.07) is 1.20. The van der Waals surface area contributed by atoms with Crippen molar-refractivity contribution in [2.75, 3.05) is 6.61 Å². The molecule has 9 heteroatoms. The standard InChI is InChI=1S/C9H10N2O6S/c12-4-3-5(9(14)15)10-8(13)6-1-2-7(18-6)11(16)17/h1-2,5,12H,3-4H2,(H,10,13)(H,14,15)/t5-/m0/s1. The molecule has 1 amide bonds. The number of nitro groups is 1. The van der Waals surface area contributed by atoms with Gasteiger partial charge in [0, 0.05) is 19.1 Å². The van der Waals surface area contributed by atoms with Crippen LogP contribution in [0.15, 0.2) is 12.1 Å². The largest absolute Gasteiger partial charge is 0.480 e. The maximum Gasteiger partial charge on any atom is 0.326 e. The molecule has 18 heavy (non-hydrogen) atoms. The van der Waals surface area contributed by atoms with Crippen LogP contribution in [0.5, 0.6) is 0 Å². The smallest absolute Gasteiger partial charge is 0.326 e. The van der Waals surface area contributed by atoms with E-state index >= 15 is 0 Å². The summed E-state index contributed by atoms with van der Waals surface area (Å²) in [4.78, 5) is 32.2. The third-order valence-electron chi connectivity index (χ3n) is 2.02. The van der Waals surface area contributed by atoms with Crippen LogP contribution < -0.4 is 5.32 Å². The Kier molecular flexibility index (Phi) is 4.75. The molecule has 0 saturated carbocycles. The minimum atomic E-state index is -1.27. The third kappa shape index (κ3) is 3.50. The topological polar surface area (TPSA) is 130 Å². The zero-order chi connectivity index (χ0) is 13.7. The first-order valence-corrected chi connectivity index (χ1v) is 5.66. The van der Waals surface area contributed by atoms with E-state index in [2.05, 4.69) is 5.32 Å². The van der Waals surface area contributed by atoms with Crippen LogP contribution in [0, 0.1) is 10.1 Å². The van der Waals surface area contributed by atoms with Gasteiger partial charge in [0.1, 0.15) is 6.04 Å². The van der Waals surface area contributed by atoms with Crippen molar-refractivity contribution in [3.63, 3.8) is 0 Å². The number of hydrogen-bond acceptors (Lipinski definition) is 6. The van der Waals surface area contributed by atoms with Crippen LogP contribution in [-0.2, 0) is 4.79 Å². The molecule has 1 aromatic rings. The summed E-state index contributed by atoms with van der Waals surface area (Å²) in [6.45, 7) is -0.387. The van der Waals surface area contributed by atoms with Crippen molar-refractivity contribution < 1.29 is 24.7 Å². The summed E-state index contributed by atoms with van der Waals surface area (Å²) in [7, 11) is 0. The zero-order valence-corrected chi connectivity index (χ0v) is 9.85. The van der Waals surface area contributed by atoms with Crippen molar-refractivity contribution in [3.8, 4) is 0 Å². The van der Waals surface area contributed by atoms with Gasteiger partial charge >= 0.3 is 11.0 Å². The van der Waals surface area contributed by atoms with Crippen molar-refractivity contribution in [1.82, 2.24) is 5.32 Å². The van der Waals surface area contributed by atoms with E-state index in [1.54, 1.807) is 0 Å². The number of nitrogens with zero attached hydrogens (tertiary/aromatic N) is 1. The summed E-state index contributed by atoms with van der Waals surface area (Å²) >= 11 is 0.654. The monoisotopic (exact) mass is 274 g/mol. The van der Waals surface area contributed by atoms with Gasteiger partial charge in [0.05, 0.1) is 9.80 Å². The van der Waals surface area contributed by atoms with Crippen molar-refractivity contribution in [3.05, 3.63) is 27.1 Å². The van der Waals surface area contributed by atoms with Crippen LogP contribution in [0.1, 0.15) is 16.1 Å². The van der Waals surface area contributed by atoms with Gasteiger partial charge in [-0.3, -0.25) is 14.9 Å². The van der Waals surface area contributed by atoms with E-state index in [0.717, 1.165) is 0 Å². The lowest BCUT2D eigenvalue weighted by Gasteiger charge is -2.11. The lowest BCUT2D eigenvalue weighted by molar-refractivity contribution is -0.380. The first-order valence-electron chi connectivity index (χ1n) is 4.84. The summed E-state index contributed by atoms with van der Waals surface area (Å²) in [5.41, 5.74) is 0. The van der Waals surface area contributed by atoms with E-state index in [4.69, 9.17) is 10.2 Å². The molecular formula is C9H10N2O6S. The highest BCUT2D eigenvalue weighted by atomic mass is 32.1. The number of aliphatic carboxylic acids is 1. The van der Waals surface area contributed by atoms with Crippen LogP contribution in [0.25, 0.3) is 0 Å². The van der Waals surface area contributed by atoms with E-state index in [-0.39, 0.29) is 22.9 Å². The number of thiophene rings is 1. The van der Waals surface area contributed by atoms with Crippen LogP contribution in [0.2, 0.25) is 0 Å². The Bertz CT molecular complexity index is 471. The lowest BCUT2D eigenvalue weighted by Crippen LogP contribution is -2.41. The quantitative estimate of drug-likeness (QED) is 0.502. The summed E-state index contributed by atoms with van der Waals surface area (Å²) in [6.07, 6.45) is -0.130. The van der Waals surface area contributed by atoms with Gasteiger partial charge in [0.2, 0.25) is 0 Å². The van der Waals surface area contributed by atoms with Gasteiger partial charge in [-0.15, -0.1) is 0 Å². The molecule has 0 aliphatic rings. The molecule has 0 aliphatic heterocycles. The van der Waals surface area contributed by atoms with Crippen molar-refractivity contribution >= 4 is 28.2 Å². The Labute approximate surface area is 105 Å². The maximum atomic E-state index is 11.6. The van der Waals surface area contributed by atoms with E-state index in [1.807, 2.05) is 0 Å². The lowest BCUT2D eigenvalue weighted by atomic mass is 10.2. The number of carbonyl (C=O) groups excluding carboxylic acids is 1. The average molecular weight is 274 g/mol. The van der Waals surface area contributed by atoms with Gasteiger partial charge in [0.25, 0.3) is 5.91 Å². The third-order valence-corrected chi connectivity index (χ3v) is 3.05. The van der Waals surface area contributed by atoms with Crippen LogP contribution >= 0.6 is 11.3 Å². The summed E-state index contributed by atoms with van der Waals surface area (Å²) in [5.74, 6) is -1.99. The molecular weight excluding hydrogens is 264 g/mol. The Morgan fingerprint density at radius 1 is 1.50 bits per heavy atom. The second-order valence-electron chi connectivity index (χ2n) is 3.27. The molecule has 0 unspecified atom stereocenters. The highest BCUT2D eigenvalue weighted by Gasteiger charge is 2.22. The van der Waals surface area contributed by atoms with Crippen LogP contribution in [0.4, 0.5) is 5.00 Å². The second kappa shape index (κ2) is 6.07. The number of aliphatic hydroxyl groups is 1. The molecule has 1 aromatic heterocycles. The highest BCUT2D eigenvalue weighted by Crippen LogP contribution is 2.23. The number of rotatable bonds is 6. The molecule has 3 N–H and O–H groups in total. The Balaban J connectivity index is 2.74. The molecule has 98 valence electrons. The molecule has 0 aromatic carbocycles.